The minimum absolute atomic E-state index is 0.00314. The molecule has 0 amide bonds. The average molecular weight is 393 g/mol. The van der Waals surface area contributed by atoms with E-state index in [0.717, 1.165) is 24.1 Å². The second kappa shape index (κ2) is 6.83. The molecule has 1 aromatic heterocycles. The fourth-order valence-corrected chi connectivity index (χ4v) is 5.91. The van der Waals surface area contributed by atoms with Gasteiger partial charge in [-0.05, 0) is 42.5 Å². The Hall–Kier alpha value is -1.63. The lowest BCUT2D eigenvalue weighted by Crippen LogP contribution is -2.48. The normalized spacial score (nSPS) is 22.8. The van der Waals surface area contributed by atoms with Crippen LogP contribution < -0.4 is 5.56 Å². The monoisotopic (exact) mass is 392 g/mol. The first kappa shape index (κ1) is 17.8. The largest absolute Gasteiger partial charge is 0.312 e. The maximum Gasteiger partial charge on any atom is 0.250 e. The van der Waals surface area contributed by atoms with Gasteiger partial charge in [-0.1, -0.05) is 18.2 Å². The maximum atomic E-state index is 13.1. The van der Waals surface area contributed by atoms with Gasteiger partial charge in [-0.15, -0.1) is 11.6 Å². The molecule has 2 unspecified atom stereocenters. The number of aryl methyl sites for hydroxylation is 1. The van der Waals surface area contributed by atoms with E-state index in [0.29, 0.717) is 30.4 Å². The van der Waals surface area contributed by atoms with Crippen LogP contribution in [0.25, 0.3) is 0 Å². The van der Waals surface area contributed by atoms with Gasteiger partial charge < -0.3 is 4.57 Å². The lowest BCUT2D eigenvalue weighted by atomic mass is 9.84. The third kappa shape index (κ3) is 3.10. The molecule has 0 aliphatic carbocycles. The number of piperidine rings is 1. The van der Waals surface area contributed by atoms with Crippen LogP contribution in [0.3, 0.4) is 0 Å². The molecule has 138 valence electrons. The third-order valence-corrected chi connectivity index (χ3v) is 7.43. The Labute approximate surface area is 158 Å². The van der Waals surface area contributed by atoms with Gasteiger partial charge in [-0.25, -0.2) is 8.42 Å². The molecule has 4 rings (SSSR count). The Morgan fingerprint density at radius 2 is 1.81 bits per heavy atom. The van der Waals surface area contributed by atoms with Crippen molar-refractivity contribution in [2.75, 3.05) is 19.0 Å². The molecule has 1 fully saturated rings. The average Bonchev–Trinajstić information content (AvgIpc) is 2.63. The molecule has 1 aromatic carbocycles. The Morgan fingerprint density at radius 3 is 2.54 bits per heavy atom. The summed E-state index contributed by atoms with van der Waals surface area (Å²) >= 11 is 5.74. The molecule has 0 radical (unpaired) electrons. The fraction of sp³-hybridized carbons (Fsp3) is 0.421. The first-order chi connectivity index (χ1) is 12.5. The zero-order valence-electron chi connectivity index (χ0n) is 14.3. The summed E-state index contributed by atoms with van der Waals surface area (Å²) in [5.74, 6) is 0.758. The van der Waals surface area contributed by atoms with Crippen LogP contribution in [-0.4, -0.2) is 36.3 Å². The minimum atomic E-state index is -3.54. The van der Waals surface area contributed by atoms with Crippen LogP contribution in [0.15, 0.2) is 52.2 Å². The van der Waals surface area contributed by atoms with Gasteiger partial charge >= 0.3 is 0 Å². The van der Waals surface area contributed by atoms with Gasteiger partial charge in [0.1, 0.15) is 0 Å². The second-order valence-electron chi connectivity index (χ2n) is 7.10. The Kier molecular flexibility index (Phi) is 4.67. The number of fused-ring (bicyclic) bond motifs is 4. The minimum Gasteiger partial charge on any atom is -0.312 e. The molecule has 26 heavy (non-hydrogen) atoms. The molecular weight excluding hydrogens is 372 g/mol. The first-order valence-electron chi connectivity index (χ1n) is 8.84. The molecule has 0 N–H and O–H groups in total. The molecule has 3 heterocycles. The topological polar surface area (TPSA) is 59.4 Å². The summed E-state index contributed by atoms with van der Waals surface area (Å²) < 4.78 is 29.6. The zero-order valence-corrected chi connectivity index (χ0v) is 15.9. The molecule has 2 aromatic rings. The summed E-state index contributed by atoms with van der Waals surface area (Å²) in [6.07, 6.45) is 1.66. The highest BCUT2D eigenvalue weighted by molar-refractivity contribution is 7.89. The van der Waals surface area contributed by atoms with Crippen molar-refractivity contribution >= 4 is 21.6 Å². The van der Waals surface area contributed by atoms with Crippen molar-refractivity contribution in [3.05, 3.63) is 64.1 Å². The lowest BCUT2D eigenvalue weighted by molar-refractivity contribution is 0.186. The highest BCUT2D eigenvalue weighted by Crippen LogP contribution is 2.37. The highest BCUT2D eigenvalue weighted by atomic mass is 35.5. The number of alkyl halides is 1. The number of halogens is 1. The van der Waals surface area contributed by atoms with Gasteiger partial charge in [0.15, 0.2) is 0 Å². The molecule has 2 atom stereocenters. The zero-order chi connectivity index (χ0) is 18.3. The third-order valence-electron chi connectivity index (χ3n) is 5.39. The summed E-state index contributed by atoms with van der Waals surface area (Å²) in [6.45, 7) is 1.47. The van der Waals surface area contributed by atoms with Crippen LogP contribution in [-0.2, 0) is 23.0 Å². The fourth-order valence-electron chi connectivity index (χ4n) is 4.14. The van der Waals surface area contributed by atoms with Crippen LogP contribution in [0.5, 0.6) is 0 Å². The first-order valence-corrected chi connectivity index (χ1v) is 10.8. The van der Waals surface area contributed by atoms with Crippen molar-refractivity contribution in [3.63, 3.8) is 0 Å². The summed E-state index contributed by atoms with van der Waals surface area (Å²) in [6, 6.07) is 12.3. The Balaban J connectivity index is 1.62. The smallest absolute Gasteiger partial charge is 0.250 e. The van der Waals surface area contributed by atoms with Crippen molar-refractivity contribution in [2.45, 2.75) is 30.2 Å². The molecule has 2 aliphatic heterocycles. The van der Waals surface area contributed by atoms with Crippen molar-refractivity contribution in [3.8, 4) is 0 Å². The van der Waals surface area contributed by atoms with E-state index in [1.807, 2.05) is 22.8 Å². The van der Waals surface area contributed by atoms with Gasteiger partial charge in [0, 0.05) is 43.2 Å². The Bertz CT molecular complexity index is 969. The number of benzene rings is 1. The van der Waals surface area contributed by atoms with E-state index in [1.54, 1.807) is 28.6 Å². The van der Waals surface area contributed by atoms with Crippen molar-refractivity contribution in [2.24, 2.45) is 5.92 Å². The van der Waals surface area contributed by atoms with E-state index < -0.39 is 10.0 Å². The Morgan fingerprint density at radius 1 is 1.04 bits per heavy atom. The molecule has 0 spiro atoms. The molecule has 2 aliphatic rings. The molecule has 1 saturated heterocycles. The predicted octanol–water partition coefficient (Wildman–Crippen LogP) is 2.44. The molecule has 0 saturated carbocycles. The summed E-state index contributed by atoms with van der Waals surface area (Å²) in [5.41, 5.74) is 1.98. The quantitative estimate of drug-likeness (QED) is 0.751. The van der Waals surface area contributed by atoms with Gasteiger partial charge in [0.2, 0.25) is 10.0 Å². The van der Waals surface area contributed by atoms with E-state index in [1.165, 1.54) is 0 Å². The maximum absolute atomic E-state index is 13.1. The number of hydrogen-bond donors (Lipinski definition) is 0. The summed E-state index contributed by atoms with van der Waals surface area (Å²) in [7, 11) is -3.54. The van der Waals surface area contributed by atoms with E-state index in [2.05, 4.69) is 0 Å². The SMILES string of the molecule is O=c1cccc2n1CC1CC2CN(S(=O)(=O)c2ccc(CCCl)cc2)C1. The van der Waals surface area contributed by atoms with Crippen LogP contribution in [0.2, 0.25) is 0 Å². The highest BCUT2D eigenvalue weighted by Gasteiger charge is 2.39. The molecule has 5 nitrogen and oxygen atoms in total. The number of pyridine rings is 1. The van der Waals surface area contributed by atoms with Crippen LogP contribution in [0, 0.1) is 5.92 Å². The number of hydrogen-bond acceptors (Lipinski definition) is 3. The number of nitrogens with zero attached hydrogens (tertiary/aromatic N) is 2. The van der Waals surface area contributed by atoms with Crippen LogP contribution in [0.4, 0.5) is 0 Å². The van der Waals surface area contributed by atoms with Crippen LogP contribution in [0.1, 0.15) is 23.6 Å². The van der Waals surface area contributed by atoms with Crippen molar-refractivity contribution in [1.29, 1.82) is 0 Å². The second-order valence-corrected chi connectivity index (χ2v) is 9.42. The van der Waals surface area contributed by atoms with E-state index in [4.69, 9.17) is 11.6 Å². The van der Waals surface area contributed by atoms with E-state index in [-0.39, 0.29) is 17.4 Å². The van der Waals surface area contributed by atoms with Crippen LogP contribution >= 0.6 is 11.6 Å². The van der Waals surface area contributed by atoms with Crippen molar-refractivity contribution < 1.29 is 8.42 Å². The number of rotatable bonds is 4. The number of sulfonamides is 1. The van der Waals surface area contributed by atoms with Gasteiger partial charge in [0.05, 0.1) is 4.90 Å². The summed E-state index contributed by atoms with van der Waals surface area (Å²) in [4.78, 5) is 12.4. The van der Waals surface area contributed by atoms with E-state index in [9.17, 15) is 13.2 Å². The standard InChI is InChI=1S/C19H21ClN2O3S/c20-9-8-14-4-6-17(7-5-14)26(24,25)21-11-15-10-16(13-21)18-2-1-3-19(23)22(18)12-15/h1-7,15-16H,8-13H2. The van der Waals surface area contributed by atoms with Crippen molar-refractivity contribution in [1.82, 2.24) is 8.87 Å². The lowest BCUT2D eigenvalue weighted by Gasteiger charge is -2.42. The summed E-state index contributed by atoms with van der Waals surface area (Å²) in [5, 5.41) is 0. The molecule has 7 heteroatoms. The van der Waals surface area contributed by atoms with Gasteiger partial charge in [0.25, 0.3) is 5.56 Å². The number of aromatic nitrogens is 1. The molecule has 2 bridgehead atoms. The predicted molar refractivity (Wildman–Crippen MR) is 101 cm³/mol. The molecular formula is C19H21ClN2O3S. The van der Waals surface area contributed by atoms with Gasteiger partial charge in [-0.3, -0.25) is 4.79 Å². The van der Waals surface area contributed by atoms with E-state index >= 15 is 0 Å². The van der Waals surface area contributed by atoms with Gasteiger partial charge in [-0.2, -0.15) is 4.31 Å².